The number of benzene rings is 2. The van der Waals surface area contributed by atoms with Crippen LogP contribution in [0.15, 0.2) is 53.4 Å². The van der Waals surface area contributed by atoms with Crippen molar-refractivity contribution in [3.05, 3.63) is 65.5 Å². The Morgan fingerprint density at radius 1 is 1.25 bits per heavy atom. The summed E-state index contributed by atoms with van der Waals surface area (Å²) in [4.78, 5) is 12.3. The van der Waals surface area contributed by atoms with E-state index in [1.54, 1.807) is 18.2 Å². The van der Waals surface area contributed by atoms with Crippen LogP contribution in [0.4, 0.5) is 9.18 Å². The fourth-order valence-electron chi connectivity index (χ4n) is 4.99. The van der Waals surface area contributed by atoms with E-state index in [1.165, 1.54) is 4.31 Å². The van der Waals surface area contributed by atoms with E-state index in [1.807, 2.05) is 32.0 Å². The zero-order valence-corrected chi connectivity index (χ0v) is 23.2. The van der Waals surface area contributed by atoms with Crippen molar-refractivity contribution in [1.82, 2.24) is 9.62 Å². The van der Waals surface area contributed by atoms with Crippen LogP contribution in [0.25, 0.3) is 0 Å². The topological polar surface area (TPSA) is 138 Å². The number of nitrogens with one attached hydrogen (secondary N) is 1. The highest BCUT2D eigenvalue weighted by Crippen LogP contribution is 2.33. The molecule has 2 heterocycles. The van der Waals surface area contributed by atoms with Gasteiger partial charge in [-0.1, -0.05) is 44.2 Å². The van der Waals surface area contributed by atoms with Crippen LogP contribution in [0.3, 0.4) is 0 Å². The summed E-state index contributed by atoms with van der Waals surface area (Å²) in [6.07, 6.45) is -2.11. The Bertz CT molecular complexity index is 1320. The molecule has 2 fully saturated rings. The van der Waals surface area contributed by atoms with Crippen molar-refractivity contribution in [3.63, 3.8) is 0 Å². The predicted molar refractivity (Wildman–Crippen MR) is 142 cm³/mol. The molecule has 0 spiro atoms. The molecule has 0 aromatic heterocycles. The van der Waals surface area contributed by atoms with Crippen molar-refractivity contribution in [2.24, 2.45) is 11.8 Å². The first-order valence-electron chi connectivity index (χ1n) is 13.2. The van der Waals surface area contributed by atoms with Crippen LogP contribution >= 0.6 is 0 Å². The number of hydrogen-bond acceptors (Lipinski definition) is 8. The van der Waals surface area contributed by atoms with Crippen LogP contribution in [0.1, 0.15) is 31.4 Å². The SMILES string of the molecule is CC(C)CN(C(Cc1ccccc1)C(O)CNC(=O)OC1COC2OCCC12)S(=O)(=O)c1ccc(F)c(C#N)c1. The Morgan fingerprint density at radius 2 is 2.00 bits per heavy atom. The molecule has 216 valence electrons. The van der Waals surface area contributed by atoms with E-state index >= 15 is 0 Å². The molecule has 1 amide bonds. The molecule has 0 aliphatic carbocycles. The molecule has 0 bridgehead atoms. The molecular weight excluding hydrogens is 541 g/mol. The summed E-state index contributed by atoms with van der Waals surface area (Å²) in [5.41, 5.74) is 0.367. The predicted octanol–water partition coefficient (Wildman–Crippen LogP) is 2.80. The van der Waals surface area contributed by atoms with Gasteiger partial charge in [0, 0.05) is 13.1 Å². The van der Waals surface area contributed by atoms with Crippen molar-refractivity contribution in [1.29, 1.82) is 5.26 Å². The molecule has 4 rings (SSSR count). The number of hydrogen-bond donors (Lipinski definition) is 2. The van der Waals surface area contributed by atoms with Crippen molar-refractivity contribution < 1.29 is 36.9 Å². The third-order valence-corrected chi connectivity index (χ3v) is 8.90. The fourth-order valence-corrected chi connectivity index (χ4v) is 6.84. The third-order valence-electron chi connectivity index (χ3n) is 7.01. The van der Waals surface area contributed by atoms with Crippen LogP contribution in [-0.2, 0) is 30.7 Å². The van der Waals surface area contributed by atoms with Crippen LogP contribution in [0, 0.1) is 29.0 Å². The molecule has 2 N–H and O–H groups in total. The van der Waals surface area contributed by atoms with E-state index in [0.717, 1.165) is 23.8 Å². The van der Waals surface area contributed by atoms with E-state index < -0.39 is 45.7 Å². The average Bonchev–Trinajstić information content (AvgIpc) is 3.55. The highest BCUT2D eigenvalue weighted by atomic mass is 32.2. The van der Waals surface area contributed by atoms with Gasteiger partial charge in [0.05, 0.1) is 41.7 Å². The zero-order valence-electron chi connectivity index (χ0n) is 22.4. The lowest BCUT2D eigenvalue weighted by molar-refractivity contribution is -0.0907. The van der Waals surface area contributed by atoms with Gasteiger partial charge in [0.1, 0.15) is 18.0 Å². The number of carbonyl (C=O) groups excluding carboxylic acids is 1. The lowest BCUT2D eigenvalue weighted by Crippen LogP contribution is -2.53. The summed E-state index contributed by atoms with van der Waals surface area (Å²) >= 11 is 0. The minimum absolute atomic E-state index is 0.0308. The molecule has 5 atom stereocenters. The number of aliphatic hydroxyl groups excluding tert-OH is 1. The second-order valence-electron chi connectivity index (χ2n) is 10.4. The van der Waals surface area contributed by atoms with E-state index in [2.05, 4.69) is 5.32 Å². The maximum absolute atomic E-state index is 14.0. The molecular formula is C28H34FN3O7S. The molecule has 40 heavy (non-hydrogen) atoms. The first-order chi connectivity index (χ1) is 19.1. The normalized spacial score (nSPS) is 22.1. The van der Waals surface area contributed by atoms with E-state index in [9.17, 15) is 28.0 Å². The molecule has 10 nitrogen and oxygen atoms in total. The summed E-state index contributed by atoms with van der Waals surface area (Å²) in [6.45, 7) is 4.15. The number of fused-ring (bicyclic) bond motifs is 1. The van der Waals surface area contributed by atoms with Crippen LogP contribution in [-0.4, -0.2) is 74.8 Å². The summed E-state index contributed by atoms with van der Waals surface area (Å²) < 4.78 is 59.4. The Labute approximate surface area is 233 Å². The molecule has 2 saturated heterocycles. The van der Waals surface area contributed by atoms with E-state index in [0.29, 0.717) is 13.0 Å². The van der Waals surface area contributed by atoms with E-state index in [4.69, 9.17) is 14.2 Å². The lowest BCUT2D eigenvalue weighted by Gasteiger charge is -2.35. The summed E-state index contributed by atoms with van der Waals surface area (Å²) in [7, 11) is -4.30. The van der Waals surface area contributed by atoms with Gasteiger partial charge in [-0.15, -0.1) is 0 Å². The van der Waals surface area contributed by atoms with Gasteiger partial charge >= 0.3 is 6.09 Å². The van der Waals surface area contributed by atoms with Crippen molar-refractivity contribution in [2.75, 3.05) is 26.3 Å². The van der Waals surface area contributed by atoms with Crippen LogP contribution in [0.5, 0.6) is 0 Å². The number of ether oxygens (including phenoxy) is 3. The highest BCUT2D eigenvalue weighted by molar-refractivity contribution is 7.89. The Morgan fingerprint density at radius 3 is 2.70 bits per heavy atom. The highest BCUT2D eigenvalue weighted by Gasteiger charge is 2.44. The number of amides is 1. The maximum Gasteiger partial charge on any atom is 0.407 e. The molecule has 12 heteroatoms. The molecule has 2 aromatic rings. The monoisotopic (exact) mass is 575 g/mol. The number of sulfonamides is 1. The van der Waals surface area contributed by atoms with Crippen LogP contribution < -0.4 is 5.32 Å². The second-order valence-corrected chi connectivity index (χ2v) is 12.3. The van der Waals surface area contributed by atoms with Crippen molar-refractivity contribution >= 4 is 16.1 Å². The largest absolute Gasteiger partial charge is 0.443 e. The Hall–Kier alpha value is -3.08. The smallest absolute Gasteiger partial charge is 0.407 e. The molecule has 2 aromatic carbocycles. The summed E-state index contributed by atoms with van der Waals surface area (Å²) in [5, 5.41) is 23.1. The van der Waals surface area contributed by atoms with Gasteiger partial charge in [-0.05, 0) is 42.5 Å². The number of rotatable bonds is 11. The fraction of sp³-hybridized carbons (Fsp3) is 0.500. The van der Waals surface area contributed by atoms with E-state index in [-0.39, 0.29) is 49.1 Å². The number of aliphatic hydroxyl groups is 1. The third kappa shape index (κ3) is 6.97. The Kier molecular flexibility index (Phi) is 9.76. The molecule has 0 radical (unpaired) electrons. The summed E-state index contributed by atoms with van der Waals surface area (Å²) in [5.74, 6) is -1.02. The minimum Gasteiger partial charge on any atom is -0.443 e. The first-order valence-corrected chi connectivity index (χ1v) is 14.6. The summed E-state index contributed by atoms with van der Waals surface area (Å²) in [6, 6.07) is 12.7. The number of nitrogens with zero attached hydrogens (tertiary/aromatic N) is 2. The standard InChI is InChI=1S/C28H34FN3O7S/c1-18(2)16-32(40(35,36)21-8-9-23(29)20(13-21)14-30)24(12-19-6-4-3-5-7-19)25(33)15-31-28(34)39-26-17-38-27-22(26)10-11-37-27/h3-9,13,18,22,24-27,33H,10-12,15-17H2,1-2H3,(H,31,34). The number of halogens is 1. The van der Waals surface area contributed by atoms with Gasteiger partial charge in [0.15, 0.2) is 6.29 Å². The van der Waals surface area contributed by atoms with Gasteiger partial charge < -0.3 is 24.6 Å². The van der Waals surface area contributed by atoms with Crippen LogP contribution in [0.2, 0.25) is 0 Å². The van der Waals surface area contributed by atoms with Gasteiger partial charge in [-0.2, -0.15) is 9.57 Å². The average molecular weight is 576 g/mol. The Balaban J connectivity index is 1.57. The number of nitriles is 1. The van der Waals surface area contributed by atoms with Gasteiger partial charge in [0.2, 0.25) is 10.0 Å². The first kappa shape index (κ1) is 29.9. The van der Waals surface area contributed by atoms with Crippen molar-refractivity contribution in [2.45, 2.75) is 56.1 Å². The quantitative estimate of drug-likeness (QED) is 0.417. The molecule has 5 unspecified atom stereocenters. The molecule has 0 saturated carbocycles. The number of carbonyl (C=O) groups is 1. The lowest BCUT2D eigenvalue weighted by atomic mass is 10.0. The van der Waals surface area contributed by atoms with Gasteiger partial charge in [-0.3, -0.25) is 0 Å². The minimum atomic E-state index is -4.30. The maximum atomic E-state index is 14.0. The van der Waals surface area contributed by atoms with Gasteiger partial charge in [-0.25, -0.2) is 17.6 Å². The second kappa shape index (κ2) is 13.1. The van der Waals surface area contributed by atoms with Crippen molar-refractivity contribution in [3.8, 4) is 6.07 Å². The van der Waals surface area contributed by atoms with Gasteiger partial charge in [0.25, 0.3) is 0 Å². The molecule has 2 aliphatic rings. The zero-order chi connectivity index (χ0) is 28.9. The number of alkyl carbamates (subject to hydrolysis) is 1. The molecule has 2 aliphatic heterocycles.